The highest BCUT2D eigenvalue weighted by Crippen LogP contribution is 2.30. The number of carbonyl (C=O) groups is 1. The molecule has 0 fully saturated rings. The Morgan fingerprint density at radius 1 is 1.12 bits per heavy atom. The van der Waals surface area contributed by atoms with Gasteiger partial charge < -0.3 is 9.30 Å². The lowest BCUT2D eigenvalue weighted by molar-refractivity contribution is -0.114. The molecule has 3 aromatic rings. The maximum absolute atomic E-state index is 12.7. The van der Waals surface area contributed by atoms with Crippen molar-refractivity contribution in [3.63, 3.8) is 0 Å². The summed E-state index contributed by atoms with van der Waals surface area (Å²) in [7, 11) is 0. The summed E-state index contributed by atoms with van der Waals surface area (Å²) in [5.74, 6) is 0.474. The molecule has 1 N–H and O–H groups in total. The van der Waals surface area contributed by atoms with Crippen LogP contribution in [0.2, 0.25) is 0 Å². The Morgan fingerprint density at radius 3 is 2.72 bits per heavy atom. The molecule has 0 bridgehead atoms. The summed E-state index contributed by atoms with van der Waals surface area (Å²) in [5, 5.41) is 16.7. The van der Waals surface area contributed by atoms with Crippen LogP contribution in [0.5, 0.6) is 5.75 Å². The Morgan fingerprint density at radius 2 is 1.91 bits per heavy atom. The van der Waals surface area contributed by atoms with Gasteiger partial charge in [0.15, 0.2) is 5.84 Å². The fourth-order valence-electron chi connectivity index (χ4n) is 3.68. The number of ether oxygens (including phenoxy) is 1. The number of carbonyl (C=O) groups excluding carboxylic acids is 1. The first kappa shape index (κ1) is 20.3. The van der Waals surface area contributed by atoms with Crippen molar-refractivity contribution < 1.29 is 9.53 Å². The summed E-state index contributed by atoms with van der Waals surface area (Å²) in [6.07, 6.45) is 4.47. The second kappa shape index (κ2) is 8.47. The van der Waals surface area contributed by atoms with Crippen LogP contribution in [0.3, 0.4) is 0 Å². The van der Waals surface area contributed by atoms with E-state index in [9.17, 15) is 4.79 Å². The Balaban J connectivity index is 1.44. The molecular weight excluding hydrogens is 422 g/mol. The summed E-state index contributed by atoms with van der Waals surface area (Å²) in [6, 6.07) is 17.7. The molecular formula is C24H21N5O2S. The van der Waals surface area contributed by atoms with E-state index in [1.165, 1.54) is 16.8 Å². The number of aliphatic imine (C=N–C) groups is 1. The van der Waals surface area contributed by atoms with Crippen LogP contribution < -0.4 is 4.74 Å². The lowest BCUT2D eigenvalue weighted by Crippen LogP contribution is -2.35. The predicted octanol–water partition coefficient (Wildman–Crippen LogP) is 4.75. The molecule has 1 amide bonds. The average Bonchev–Trinajstić information content (AvgIpc) is 3.39. The first-order valence-electron chi connectivity index (χ1n) is 10.4. The molecule has 2 aliphatic heterocycles. The van der Waals surface area contributed by atoms with Crippen LogP contribution in [-0.4, -0.2) is 38.1 Å². The quantitative estimate of drug-likeness (QED) is 0.558. The number of benzene rings is 2. The Bertz CT molecular complexity index is 1310. The summed E-state index contributed by atoms with van der Waals surface area (Å²) in [6.45, 7) is 3.16. The highest BCUT2D eigenvalue weighted by molar-refractivity contribution is 8.26. The minimum Gasteiger partial charge on any atom is -0.492 e. The van der Waals surface area contributed by atoms with Crippen LogP contribution in [0.4, 0.5) is 0 Å². The van der Waals surface area contributed by atoms with Crippen LogP contribution in [0, 0.1) is 5.41 Å². The van der Waals surface area contributed by atoms with Crippen molar-refractivity contribution in [3.8, 4) is 5.75 Å². The molecule has 0 atom stereocenters. The van der Waals surface area contributed by atoms with Gasteiger partial charge >= 0.3 is 0 Å². The molecule has 0 aliphatic carbocycles. The summed E-state index contributed by atoms with van der Waals surface area (Å²) in [5.41, 5.74) is 2.13. The number of nitrogens with zero attached hydrogens (tertiary/aromatic N) is 4. The van der Waals surface area contributed by atoms with Crippen LogP contribution >= 0.6 is 11.8 Å². The van der Waals surface area contributed by atoms with Gasteiger partial charge in [-0.05, 0) is 42.5 Å². The van der Waals surface area contributed by atoms with Crippen molar-refractivity contribution >= 4 is 50.7 Å². The highest BCUT2D eigenvalue weighted by atomic mass is 32.2. The van der Waals surface area contributed by atoms with Crippen molar-refractivity contribution in [2.45, 2.75) is 19.9 Å². The molecule has 7 nitrogen and oxygen atoms in total. The molecule has 0 unspecified atom stereocenters. The van der Waals surface area contributed by atoms with Crippen LogP contribution in [0.25, 0.3) is 17.0 Å². The number of thioether (sulfide) groups is 1. The molecule has 0 spiro atoms. The van der Waals surface area contributed by atoms with Crippen LogP contribution in [0.15, 0.2) is 76.5 Å². The molecule has 2 aromatic carbocycles. The number of hydrazone groups is 1. The van der Waals surface area contributed by atoms with Gasteiger partial charge in [-0.1, -0.05) is 43.3 Å². The van der Waals surface area contributed by atoms with Gasteiger partial charge in [-0.3, -0.25) is 10.2 Å². The van der Waals surface area contributed by atoms with Gasteiger partial charge in [-0.25, -0.2) is 0 Å². The molecule has 1 aromatic heterocycles. The van der Waals surface area contributed by atoms with Crippen LogP contribution in [-0.2, 0) is 11.3 Å². The molecule has 3 heterocycles. The second-order valence-electron chi connectivity index (χ2n) is 7.32. The Kier molecular flexibility index (Phi) is 5.36. The van der Waals surface area contributed by atoms with Crippen molar-refractivity contribution in [2.24, 2.45) is 10.1 Å². The lowest BCUT2D eigenvalue weighted by atomic mass is 10.1. The normalized spacial score (nSPS) is 17.0. The summed E-state index contributed by atoms with van der Waals surface area (Å²) in [4.78, 5) is 16.9. The lowest BCUT2D eigenvalue weighted by Gasteiger charge is -2.20. The Labute approximate surface area is 189 Å². The first-order chi connectivity index (χ1) is 15.6. The molecule has 0 saturated carbocycles. The van der Waals surface area contributed by atoms with E-state index in [1.54, 1.807) is 6.08 Å². The number of hydrogen-bond donors (Lipinski definition) is 1. The third-order valence-corrected chi connectivity index (χ3v) is 6.31. The van der Waals surface area contributed by atoms with E-state index >= 15 is 0 Å². The minimum atomic E-state index is -0.412. The fraction of sp³-hybridized carbons (Fsp3) is 0.167. The zero-order valence-electron chi connectivity index (χ0n) is 17.5. The monoisotopic (exact) mass is 443 g/mol. The van der Waals surface area contributed by atoms with Crippen LogP contribution in [0.1, 0.15) is 18.9 Å². The third-order valence-electron chi connectivity index (χ3n) is 5.26. The number of para-hydroxylation sites is 2. The maximum atomic E-state index is 12.7. The average molecular weight is 444 g/mol. The van der Waals surface area contributed by atoms with Crippen molar-refractivity contribution in [1.29, 1.82) is 5.41 Å². The number of amides is 1. The topological polar surface area (TPSA) is 83.0 Å². The first-order valence-corrected chi connectivity index (χ1v) is 11.2. The van der Waals surface area contributed by atoms with Gasteiger partial charge in [0.1, 0.15) is 17.4 Å². The van der Waals surface area contributed by atoms with E-state index < -0.39 is 5.91 Å². The van der Waals surface area contributed by atoms with E-state index in [2.05, 4.69) is 14.7 Å². The van der Waals surface area contributed by atoms with Crippen molar-refractivity contribution in [3.05, 3.63) is 71.9 Å². The maximum Gasteiger partial charge on any atom is 0.283 e. The van der Waals surface area contributed by atoms with E-state index in [1.807, 2.05) is 67.7 Å². The molecule has 8 heteroatoms. The standard InChI is InChI=1S/C24H21N5O2S/c1-2-21-27-29-22(25)19(23(30)26-24(29)32-21)14-16-15-28(20-11-7-6-10-18(16)20)12-13-31-17-8-4-3-5-9-17/h3-11,14-15,25H,2,12-13H2,1H3/b19-14+,25-22?. The Hall–Kier alpha value is -3.65. The number of rotatable bonds is 6. The zero-order valence-corrected chi connectivity index (χ0v) is 18.3. The predicted molar refractivity (Wildman–Crippen MR) is 129 cm³/mol. The molecule has 0 radical (unpaired) electrons. The van der Waals surface area contributed by atoms with Crippen molar-refractivity contribution in [1.82, 2.24) is 9.58 Å². The fourth-order valence-corrected chi connectivity index (χ4v) is 4.51. The smallest absolute Gasteiger partial charge is 0.283 e. The van der Waals surface area contributed by atoms with Gasteiger partial charge in [-0.2, -0.15) is 15.1 Å². The van der Waals surface area contributed by atoms with E-state index in [0.29, 0.717) is 18.3 Å². The molecule has 32 heavy (non-hydrogen) atoms. The second-order valence-corrected chi connectivity index (χ2v) is 8.36. The summed E-state index contributed by atoms with van der Waals surface area (Å²) >= 11 is 1.34. The number of amidine groups is 2. The van der Waals surface area contributed by atoms with E-state index in [0.717, 1.165) is 33.7 Å². The SMILES string of the molecule is CCC1=NN2C(=N)/C(=C\c3cn(CCOc4ccccc4)c4ccccc34)C(=O)N=C2S1. The number of aromatic nitrogens is 1. The number of fused-ring (bicyclic) bond motifs is 2. The van der Waals surface area contributed by atoms with Gasteiger partial charge in [0, 0.05) is 22.7 Å². The van der Waals surface area contributed by atoms with Gasteiger partial charge in [0.05, 0.1) is 12.1 Å². The molecule has 0 saturated heterocycles. The van der Waals surface area contributed by atoms with Crippen molar-refractivity contribution in [2.75, 3.05) is 6.61 Å². The largest absolute Gasteiger partial charge is 0.492 e. The third kappa shape index (κ3) is 3.73. The number of hydrogen-bond acceptors (Lipinski definition) is 5. The van der Waals surface area contributed by atoms with Gasteiger partial charge in [0.25, 0.3) is 5.91 Å². The molecule has 160 valence electrons. The zero-order chi connectivity index (χ0) is 22.1. The van der Waals surface area contributed by atoms with E-state index in [4.69, 9.17) is 10.1 Å². The summed E-state index contributed by atoms with van der Waals surface area (Å²) < 4.78 is 7.96. The van der Waals surface area contributed by atoms with Gasteiger partial charge in [-0.15, -0.1) is 0 Å². The molecule has 5 rings (SSSR count). The molecule has 2 aliphatic rings. The highest BCUT2D eigenvalue weighted by Gasteiger charge is 2.35. The minimum absolute atomic E-state index is 0.0557. The number of nitrogens with one attached hydrogen (secondary N) is 1. The van der Waals surface area contributed by atoms with Gasteiger partial charge in [0.2, 0.25) is 5.17 Å². The van der Waals surface area contributed by atoms with E-state index in [-0.39, 0.29) is 11.4 Å².